The van der Waals surface area contributed by atoms with Crippen LogP contribution in [-0.4, -0.2) is 48.3 Å². The molecular formula is C18H24N4O3. The van der Waals surface area contributed by atoms with Crippen LogP contribution in [0.5, 0.6) is 0 Å². The molecule has 0 radical (unpaired) electrons. The number of rotatable bonds is 6. The molecule has 3 rings (SSSR count). The van der Waals surface area contributed by atoms with E-state index in [1.54, 1.807) is 4.57 Å². The summed E-state index contributed by atoms with van der Waals surface area (Å²) in [5, 5.41) is 2.85. The average molecular weight is 344 g/mol. The molecule has 7 nitrogen and oxygen atoms in total. The molecule has 1 aliphatic heterocycles. The number of nitrogens with zero attached hydrogens (tertiary/aromatic N) is 3. The number of benzene rings is 1. The number of morpholine rings is 1. The largest absolute Gasteiger partial charge is 0.378 e. The number of fused-ring (bicyclic) bond motifs is 1. The number of ether oxygens (including phenoxy) is 1. The molecular weight excluding hydrogens is 320 g/mol. The molecule has 1 amide bonds. The van der Waals surface area contributed by atoms with E-state index in [2.05, 4.69) is 10.3 Å². The first-order valence-electron chi connectivity index (χ1n) is 8.79. The number of hydrogen-bond acceptors (Lipinski definition) is 5. The number of carbonyl (C=O) groups is 1. The summed E-state index contributed by atoms with van der Waals surface area (Å²) in [6.45, 7) is 5.49. The second-order valence-corrected chi connectivity index (χ2v) is 6.08. The fourth-order valence-electron chi connectivity index (χ4n) is 2.95. The van der Waals surface area contributed by atoms with E-state index in [0.717, 1.165) is 17.5 Å². The van der Waals surface area contributed by atoms with Gasteiger partial charge in [0, 0.05) is 32.6 Å². The Bertz CT molecular complexity index is 796. The zero-order chi connectivity index (χ0) is 17.6. The predicted molar refractivity (Wildman–Crippen MR) is 97.0 cm³/mol. The van der Waals surface area contributed by atoms with E-state index >= 15 is 0 Å². The Balaban J connectivity index is 1.93. The summed E-state index contributed by atoms with van der Waals surface area (Å²) in [4.78, 5) is 31.5. The number of aryl methyl sites for hydroxylation is 1. The maximum Gasteiger partial charge on any atom is 0.294 e. The monoisotopic (exact) mass is 344 g/mol. The quantitative estimate of drug-likeness (QED) is 0.851. The lowest BCUT2D eigenvalue weighted by atomic mass is 10.2. The molecule has 2 heterocycles. The van der Waals surface area contributed by atoms with Crippen molar-refractivity contribution in [1.29, 1.82) is 0 Å². The third-order valence-electron chi connectivity index (χ3n) is 4.28. The van der Waals surface area contributed by atoms with Crippen molar-refractivity contribution in [2.75, 3.05) is 37.7 Å². The van der Waals surface area contributed by atoms with Gasteiger partial charge >= 0.3 is 0 Å². The van der Waals surface area contributed by atoms with Gasteiger partial charge in [0.15, 0.2) is 5.82 Å². The van der Waals surface area contributed by atoms with E-state index < -0.39 is 0 Å². The molecule has 7 heteroatoms. The first kappa shape index (κ1) is 17.4. The highest BCUT2D eigenvalue weighted by Crippen LogP contribution is 2.15. The second-order valence-electron chi connectivity index (χ2n) is 6.08. The molecule has 2 aromatic rings. The minimum absolute atomic E-state index is 0.0393. The molecule has 25 heavy (non-hydrogen) atoms. The lowest BCUT2D eigenvalue weighted by Crippen LogP contribution is -2.41. The highest BCUT2D eigenvalue weighted by atomic mass is 16.5. The van der Waals surface area contributed by atoms with Gasteiger partial charge in [0.2, 0.25) is 5.91 Å². The first-order valence-corrected chi connectivity index (χ1v) is 8.79. The van der Waals surface area contributed by atoms with Crippen molar-refractivity contribution >= 4 is 22.8 Å². The van der Waals surface area contributed by atoms with Crippen LogP contribution < -0.4 is 15.8 Å². The molecule has 0 bridgehead atoms. The maximum absolute atomic E-state index is 13.0. The van der Waals surface area contributed by atoms with Crippen molar-refractivity contribution in [1.82, 2.24) is 14.9 Å². The number of anilines is 1. The Morgan fingerprint density at radius 1 is 1.28 bits per heavy atom. The van der Waals surface area contributed by atoms with Crippen LogP contribution in [-0.2, 0) is 16.1 Å². The van der Waals surface area contributed by atoms with Crippen LogP contribution in [0.2, 0.25) is 0 Å². The van der Waals surface area contributed by atoms with Crippen molar-refractivity contribution in [3.8, 4) is 0 Å². The number of amides is 1. The van der Waals surface area contributed by atoms with Crippen molar-refractivity contribution in [3.05, 3.63) is 34.6 Å². The highest BCUT2D eigenvalue weighted by molar-refractivity contribution is 5.78. The van der Waals surface area contributed by atoms with Crippen LogP contribution in [0.25, 0.3) is 11.0 Å². The molecule has 1 saturated heterocycles. The first-order chi connectivity index (χ1) is 12.2. The summed E-state index contributed by atoms with van der Waals surface area (Å²) in [7, 11) is 0. The smallest absolute Gasteiger partial charge is 0.294 e. The van der Waals surface area contributed by atoms with Gasteiger partial charge in [-0.3, -0.25) is 9.59 Å². The van der Waals surface area contributed by atoms with E-state index in [-0.39, 0.29) is 17.9 Å². The van der Waals surface area contributed by atoms with Gasteiger partial charge in [-0.15, -0.1) is 0 Å². The Morgan fingerprint density at radius 3 is 2.80 bits per heavy atom. The molecule has 1 aliphatic rings. The van der Waals surface area contributed by atoms with Gasteiger partial charge in [-0.1, -0.05) is 19.1 Å². The van der Waals surface area contributed by atoms with Gasteiger partial charge in [0.25, 0.3) is 5.56 Å². The molecule has 1 fully saturated rings. The van der Waals surface area contributed by atoms with Gasteiger partial charge < -0.3 is 19.5 Å². The number of carbonyl (C=O) groups excluding carboxylic acids is 1. The van der Waals surface area contributed by atoms with Crippen molar-refractivity contribution < 1.29 is 9.53 Å². The number of hydrogen-bond donors (Lipinski definition) is 1. The van der Waals surface area contributed by atoms with Crippen LogP contribution >= 0.6 is 0 Å². The minimum Gasteiger partial charge on any atom is -0.378 e. The number of para-hydroxylation sites is 2. The Labute approximate surface area is 146 Å². The van der Waals surface area contributed by atoms with Gasteiger partial charge in [-0.2, -0.15) is 0 Å². The summed E-state index contributed by atoms with van der Waals surface area (Å²) >= 11 is 0. The summed E-state index contributed by atoms with van der Waals surface area (Å²) in [6, 6.07) is 7.55. The van der Waals surface area contributed by atoms with E-state index in [1.165, 1.54) is 0 Å². The van der Waals surface area contributed by atoms with Gasteiger partial charge in [-0.25, -0.2) is 4.98 Å². The SMILES string of the molecule is CCCNC(=O)CCn1c(=O)c(N2CCOCC2)nc2ccccc21. The Kier molecular flexibility index (Phi) is 5.65. The van der Waals surface area contributed by atoms with Crippen molar-refractivity contribution in [2.24, 2.45) is 0 Å². The molecule has 0 saturated carbocycles. The average Bonchev–Trinajstić information content (AvgIpc) is 2.66. The number of aromatic nitrogens is 2. The summed E-state index contributed by atoms with van der Waals surface area (Å²) in [5.41, 5.74) is 1.37. The number of nitrogens with one attached hydrogen (secondary N) is 1. The minimum atomic E-state index is -0.149. The lowest BCUT2D eigenvalue weighted by Gasteiger charge is -2.28. The third kappa shape index (κ3) is 3.99. The fourth-order valence-corrected chi connectivity index (χ4v) is 2.95. The van der Waals surface area contributed by atoms with Gasteiger partial charge in [0.05, 0.1) is 24.2 Å². The molecule has 0 unspecified atom stereocenters. The summed E-state index contributed by atoms with van der Waals surface area (Å²) < 4.78 is 7.03. The van der Waals surface area contributed by atoms with Crippen LogP contribution in [0.4, 0.5) is 5.82 Å². The van der Waals surface area contributed by atoms with Crippen LogP contribution in [0, 0.1) is 0 Å². The molecule has 0 aliphatic carbocycles. The van der Waals surface area contributed by atoms with Crippen molar-refractivity contribution in [3.63, 3.8) is 0 Å². The molecule has 134 valence electrons. The van der Waals surface area contributed by atoms with Crippen LogP contribution in [0.3, 0.4) is 0 Å². The Hall–Kier alpha value is -2.41. The van der Waals surface area contributed by atoms with E-state index in [4.69, 9.17) is 4.74 Å². The van der Waals surface area contributed by atoms with Gasteiger partial charge in [0.1, 0.15) is 0 Å². The van der Waals surface area contributed by atoms with Gasteiger partial charge in [-0.05, 0) is 18.6 Å². The summed E-state index contributed by atoms with van der Waals surface area (Å²) in [5.74, 6) is 0.401. The summed E-state index contributed by atoms with van der Waals surface area (Å²) in [6.07, 6.45) is 1.17. The molecule has 0 spiro atoms. The standard InChI is InChI=1S/C18H24N4O3/c1-2-8-19-16(23)7-9-22-15-6-4-3-5-14(15)20-17(18(22)24)21-10-12-25-13-11-21/h3-6H,2,7-13H2,1H3,(H,19,23). The van der Waals surface area contributed by atoms with E-state index in [9.17, 15) is 9.59 Å². The Morgan fingerprint density at radius 2 is 2.04 bits per heavy atom. The fraction of sp³-hybridized carbons (Fsp3) is 0.500. The van der Waals surface area contributed by atoms with Crippen LogP contribution in [0.1, 0.15) is 19.8 Å². The maximum atomic E-state index is 13.0. The molecule has 1 aromatic heterocycles. The van der Waals surface area contributed by atoms with Crippen LogP contribution in [0.15, 0.2) is 29.1 Å². The van der Waals surface area contributed by atoms with Crippen molar-refractivity contribution in [2.45, 2.75) is 26.3 Å². The molecule has 0 atom stereocenters. The zero-order valence-electron chi connectivity index (χ0n) is 14.5. The van der Waals surface area contributed by atoms with E-state index in [1.807, 2.05) is 36.1 Å². The molecule has 1 aromatic carbocycles. The topological polar surface area (TPSA) is 76.5 Å². The second kappa shape index (κ2) is 8.11. The van der Waals surface area contributed by atoms with E-state index in [0.29, 0.717) is 45.2 Å². The lowest BCUT2D eigenvalue weighted by molar-refractivity contribution is -0.121. The highest BCUT2D eigenvalue weighted by Gasteiger charge is 2.19. The third-order valence-corrected chi connectivity index (χ3v) is 4.28. The normalized spacial score (nSPS) is 14.7. The predicted octanol–water partition coefficient (Wildman–Crippen LogP) is 1.15. The molecule has 1 N–H and O–H groups in total. The zero-order valence-corrected chi connectivity index (χ0v) is 14.5.